The van der Waals surface area contributed by atoms with E-state index in [0.717, 1.165) is 28.8 Å². The fraction of sp³-hybridized carbons (Fsp3) is 0.385. The van der Waals surface area contributed by atoms with Crippen LogP contribution in [0.3, 0.4) is 0 Å². The van der Waals surface area contributed by atoms with Gasteiger partial charge in [0.1, 0.15) is 0 Å². The molecule has 0 spiro atoms. The molecule has 0 aliphatic carbocycles. The van der Waals surface area contributed by atoms with Gasteiger partial charge in [0, 0.05) is 30.6 Å². The molecule has 2 rings (SSSR count). The number of benzene rings is 1. The van der Waals surface area contributed by atoms with Crippen molar-refractivity contribution >= 4 is 34.2 Å². The van der Waals surface area contributed by atoms with E-state index >= 15 is 0 Å². The van der Waals surface area contributed by atoms with E-state index in [4.69, 9.17) is 0 Å². The van der Waals surface area contributed by atoms with E-state index in [1.165, 1.54) is 6.92 Å². The minimum Gasteiger partial charge on any atom is -0.335 e. The fourth-order valence-electron chi connectivity index (χ4n) is 1.64. The summed E-state index contributed by atoms with van der Waals surface area (Å²) < 4.78 is 0. The number of anilines is 2. The summed E-state index contributed by atoms with van der Waals surface area (Å²) in [5, 5.41) is 6.99. The summed E-state index contributed by atoms with van der Waals surface area (Å²) in [5.41, 5.74) is 1.74. The van der Waals surface area contributed by atoms with Gasteiger partial charge in [0.2, 0.25) is 5.91 Å². The number of nitrogens with zero attached hydrogens (tertiary/aromatic N) is 1. The van der Waals surface area contributed by atoms with Crippen LogP contribution in [0.15, 0.2) is 29.3 Å². The zero-order valence-electron chi connectivity index (χ0n) is 10.6. The molecule has 4 nitrogen and oxygen atoms in total. The van der Waals surface area contributed by atoms with Gasteiger partial charge in [-0.2, -0.15) is 0 Å². The number of carbonyl (C=O) groups excluding carboxylic acids is 1. The van der Waals surface area contributed by atoms with Crippen molar-refractivity contribution in [1.82, 2.24) is 0 Å². The summed E-state index contributed by atoms with van der Waals surface area (Å²) in [7, 11) is 0. The van der Waals surface area contributed by atoms with Crippen molar-refractivity contribution in [2.75, 3.05) is 22.9 Å². The number of hydrogen-bond acceptors (Lipinski definition) is 4. The number of amidine groups is 1. The monoisotopic (exact) mass is 263 g/mol. The van der Waals surface area contributed by atoms with Crippen LogP contribution in [-0.2, 0) is 4.79 Å². The average molecular weight is 263 g/mol. The van der Waals surface area contributed by atoms with Gasteiger partial charge in [-0.25, -0.2) is 0 Å². The van der Waals surface area contributed by atoms with Gasteiger partial charge in [0.25, 0.3) is 0 Å². The Morgan fingerprint density at radius 2 is 2.22 bits per heavy atom. The second kappa shape index (κ2) is 5.91. The lowest BCUT2D eigenvalue weighted by Crippen LogP contribution is -2.18. The second-order valence-corrected chi connectivity index (χ2v) is 5.46. The highest BCUT2D eigenvalue weighted by molar-refractivity contribution is 8.14. The molecule has 1 amide bonds. The van der Waals surface area contributed by atoms with Gasteiger partial charge in [0.05, 0.1) is 0 Å². The lowest BCUT2D eigenvalue weighted by molar-refractivity contribution is -0.114. The number of nitrogens with one attached hydrogen (secondary N) is 2. The molecule has 1 aromatic carbocycles. The second-order valence-electron chi connectivity index (χ2n) is 4.45. The lowest BCUT2D eigenvalue weighted by Gasteiger charge is -2.18. The molecule has 96 valence electrons. The molecule has 1 aliphatic rings. The third-order valence-corrected chi connectivity index (χ3v) is 3.73. The Bertz CT molecular complexity index is 473. The van der Waals surface area contributed by atoms with Crippen LogP contribution < -0.4 is 10.6 Å². The Morgan fingerprint density at radius 1 is 1.44 bits per heavy atom. The van der Waals surface area contributed by atoms with Crippen LogP contribution >= 0.6 is 11.8 Å². The van der Waals surface area contributed by atoms with Crippen molar-refractivity contribution in [3.05, 3.63) is 24.3 Å². The van der Waals surface area contributed by atoms with Gasteiger partial charge in [-0.3, -0.25) is 9.79 Å². The Hall–Kier alpha value is -1.49. The smallest absolute Gasteiger partial charge is 0.221 e. The van der Waals surface area contributed by atoms with Crippen LogP contribution in [0.25, 0.3) is 0 Å². The van der Waals surface area contributed by atoms with Gasteiger partial charge < -0.3 is 10.6 Å². The van der Waals surface area contributed by atoms with Crippen LogP contribution in [0.2, 0.25) is 0 Å². The van der Waals surface area contributed by atoms with Crippen molar-refractivity contribution < 1.29 is 4.79 Å². The van der Waals surface area contributed by atoms with E-state index in [9.17, 15) is 4.79 Å². The molecular formula is C13H17N3OS. The van der Waals surface area contributed by atoms with E-state index in [-0.39, 0.29) is 5.91 Å². The van der Waals surface area contributed by atoms with Crippen molar-refractivity contribution in [2.24, 2.45) is 10.9 Å². The molecule has 0 saturated carbocycles. The van der Waals surface area contributed by atoms with Gasteiger partial charge in [0.15, 0.2) is 5.17 Å². The molecule has 1 aromatic rings. The quantitative estimate of drug-likeness (QED) is 0.862. The van der Waals surface area contributed by atoms with Crippen molar-refractivity contribution in [3.63, 3.8) is 0 Å². The van der Waals surface area contributed by atoms with Crippen molar-refractivity contribution in [1.29, 1.82) is 0 Å². The summed E-state index contributed by atoms with van der Waals surface area (Å²) in [6.45, 7) is 4.58. The van der Waals surface area contributed by atoms with E-state index < -0.39 is 0 Å². The number of aliphatic imine (C=N–C) groups is 1. The normalized spacial score (nSPS) is 19.0. The topological polar surface area (TPSA) is 53.5 Å². The molecule has 0 saturated heterocycles. The van der Waals surface area contributed by atoms with E-state index in [1.54, 1.807) is 11.8 Å². The molecule has 1 aliphatic heterocycles. The molecule has 0 fully saturated rings. The highest BCUT2D eigenvalue weighted by Crippen LogP contribution is 2.21. The molecule has 1 atom stereocenters. The highest BCUT2D eigenvalue weighted by Gasteiger charge is 2.12. The minimum atomic E-state index is -0.0645. The van der Waals surface area contributed by atoms with E-state index in [1.807, 2.05) is 24.3 Å². The zero-order chi connectivity index (χ0) is 13.0. The standard InChI is InChI=1S/C13H17N3OS/c1-9-7-14-13(18-8-9)16-12-5-3-4-11(6-12)15-10(2)17/h3-6,9H,7-8H2,1-2H3,(H,14,16)(H,15,17). The Balaban J connectivity index is 2.03. The maximum Gasteiger partial charge on any atom is 0.221 e. The average Bonchev–Trinajstić information content (AvgIpc) is 2.32. The summed E-state index contributed by atoms with van der Waals surface area (Å²) in [5.74, 6) is 1.67. The lowest BCUT2D eigenvalue weighted by atomic mass is 10.2. The molecule has 5 heteroatoms. The van der Waals surface area contributed by atoms with Crippen LogP contribution in [0.5, 0.6) is 0 Å². The molecule has 1 heterocycles. The number of amides is 1. The molecule has 0 aromatic heterocycles. The molecule has 1 unspecified atom stereocenters. The maximum atomic E-state index is 11.0. The SMILES string of the molecule is CC(=O)Nc1cccc(NC2=NCC(C)CS2)c1. The predicted octanol–water partition coefficient (Wildman–Crippen LogP) is 2.80. The Kier molecular flexibility index (Phi) is 4.25. The summed E-state index contributed by atoms with van der Waals surface area (Å²) in [6, 6.07) is 7.64. The molecule has 18 heavy (non-hydrogen) atoms. The first-order valence-electron chi connectivity index (χ1n) is 5.95. The van der Waals surface area contributed by atoms with Gasteiger partial charge in [-0.15, -0.1) is 0 Å². The number of hydrogen-bond donors (Lipinski definition) is 2. The first-order valence-corrected chi connectivity index (χ1v) is 6.94. The van der Waals surface area contributed by atoms with E-state index in [2.05, 4.69) is 22.5 Å². The van der Waals surface area contributed by atoms with Crippen LogP contribution in [-0.4, -0.2) is 23.4 Å². The van der Waals surface area contributed by atoms with Gasteiger partial charge >= 0.3 is 0 Å². The highest BCUT2D eigenvalue weighted by atomic mass is 32.2. The fourth-order valence-corrected chi connectivity index (χ4v) is 2.54. The number of carbonyl (C=O) groups is 1. The summed E-state index contributed by atoms with van der Waals surface area (Å²) >= 11 is 1.74. The first-order chi connectivity index (χ1) is 8.63. The van der Waals surface area contributed by atoms with Crippen LogP contribution in [0.1, 0.15) is 13.8 Å². The van der Waals surface area contributed by atoms with Gasteiger partial charge in [-0.1, -0.05) is 24.8 Å². The largest absolute Gasteiger partial charge is 0.335 e. The van der Waals surface area contributed by atoms with Gasteiger partial charge in [-0.05, 0) is 24.1 Å². The first kappa shape index (κ1) is 13.0. The third kappa shape index (κ3) is 3.77. The molecular weight excluding hydrogens is 246 g/mol. The predicted molar refractivity (Wildman–Crippen MR) is 78.3 cm³/mol. The third-order valence-electron chi connectivity index (χ3n) is 2.49. The summed E-state index contributed by atoms with van der Waals surface area (Å²) in [4.78, 5) is 15.5. The Labute approximate surface area is 111 Å². The minimum absolute atomic E-state index is 0.0645. The summed E-state index contributed by atoms with van der Waals surface area (Å²) in [6.07, 6.45) is 0. The Morgan fingerprint density at radius 3 is 2.89 bits per heavy atom. The number of rotatable bonds is 2. The molecule has 0 bridgehead atoms. The van der Waals surface area contributed by atoms with Crippen LogP contribution in [0, 0.1) is 5.92 Å². The maximum absolute atomic E-state index is 11.0. The van der Waals surface area contributed by atoms with Crippen LogP contribution in [0.4, 0.5) is 11.4 Å². The van der Waals surface area contributed by atoms with E-state index in [0.29, 0.717) is 5.92 Å². The van der Waals surface area contributed by atoms with Crippen molar-refractivity contribution in [3.8, 4) is 0 Å². The molecule has 0 radical (unpaired) electrons. The zero-order valence-corrected chi connectivity index (χ0v) is 11.4. The van der Waals surface area contributed by atoms with Crippen molar-refractivity contribution in [2.45, 2.75) is 13.8 Å². The number of thioether (sulfide) groups is 1. The molecule has 2 N–H and O–H groups in total.